The summed E-state index contributed by atoms with van der Waals surface area (Å²) < 4.78 is 5.51. The Balaban J connectivity index is 1.17. The lowest BCUT2D eigenvalue weighted by Crippen LogP contribution is -2.48. The van der Waals surface area contributed by atoms with Crippen molar-refractivity contribution in [3.8, 4) is 0 Å². The number of carbonyl (C=O) groups is 2. The maximum atomic E-state index is 13.0. The van der Waals surface area contributed by atoms with Crippen molar-refractivity contribution in [1.82, 2.24) is 9.80 Å². The van der Waals surface area contributed by atoms with Gasteiger partial charge in [0.1, 0.15) is 6.61 Å². The van der Waals surface area contributed by atoms with Gasteiger partial charge in [-0.25, -0.2) is 4.79 Å². The Labute approximate surface area is 238 Å². The van der Waals surface area contributed by atoms with E-state index in [0.717, 1.165) is 49.3 Å². The average molecular weight is 540 g/mol. The number of fused-ring (bicyclic) bond motifs is 1. The van der Waals surface area contributed by atoms with Crippen LogP contribution in [0.15, 0.2) is 72.8 Å². The molecule has 2 unspecified atom stereocenters. The number of aryl methyl sites for hydroxylation is 1. The summed E-state index contributed by atoms with van der Waals surface area (Å²) in [4.78, 5) is 31.6. The highest BCUT2D eigenvalue weighted by Crippen LogP contribution is 2.48. The predicted molar refractivity (Wildman–Crippen MR) is 160 cm³/mol. The Morgan fingerprint density at radius 1 is 0.900 bits per heavy atom. The molecular formula is C34H41N3O3. The molecule has 6 nitrogen and oxygen atoms in total. The standard InChI is InChI=1S/C34H41N3O3/c1-24-10-12-28(13-11-24)33(38)37-20-18-36(19-21-37)29-14-15-31-30(25(2)26(3)32(31)22-29)16-17-35(4)34(39)40-23-27-8-6-5-7-9-27/h5-15,22,25-26,30H,16-21,23H2,1-4H3/t25?,26?,30-/m1/s1. The summed E-state index contributed by atoms with van der Waals surface area (Å²) in [6, 6.07) is 24.5. The first-order valence-corrected chi connectivity index (χ1v) is 14.5. The smallest absolute Gasteiger partial charge is 0.409 e. The molecule has 0 spiro atoms. The Kier molecular flexibility index (Phi) is 8.43. The first-order valence-electron chi connectivity index (χ1n) is 14.5. The number of anilines is 1. The minimum Gasteiger partial charge on any atom is -0.445 e. The number of hydrogen-bond donors (Lipinski definition) is 0. The molecule has 1 heterocycles. The van der Waals surface area contributed by atoms with Crippen LogP contribution in [0.25, 0.3) is 0 Å². The van der Waals surface area contributed by atoms with Crippen LogP contribution in [0.3, 0.4) is 0 Å². The predicted octanol–water partition coefficient (Wildman–Crippen LogP) is 6.45. The maximum absolute atomic E-state index is 13.0. The van der Waals surface area contributed by atoms with Gasteiger partial charge in [-0.3, -0.25) is 4.79 Å². The van der Waals surface area contributed by atoms with Crippen molar-refractivity contribution >= 4 is 17.7 Å². The normalized spacial score (nSPS) is 20.2. The molecule has 1 aliphatic heterocycles. The SMILES string of the molecule is Cc1ccc(C(=O)N2CCN(c3ccc4c(c3)C(C)C(C)[C@H]4CCN(C)C(=O)OCc3ccccc3)CC2)cc1. The molecule has 0 radical (unpaired) electrons. The molecule has 5 rings (SSSR count). The average Bonchev–Trinajstić information content (AvgIpc) is 3.23. The van der Waals surface area contributed by atoms with Gasteiger partial charge in [0, 0.05) is 51.0 Å². The molecule has 3 aromatic carbocycles. The van der Waals surface area contributed by atoms with Crippen LogP contribution in [0.1, 0.15) is 64.7 Å². The van der Waals surface area contributed by atoms with E-state index in [2.05, 4.69) is 36.9 Å². The largest absolute Gasteiger partial charge is 0.445 e. The molecule has 2 aliphatic rings. The molecule has 210 valence electrons. The monoisotopic (exact) mass is 539 g/mol. The van der Waals surface area contributed by atoms with Crippen molar-refractivity contribution in [3.63, 3.8) is 0 Å². The van der Waals surface area contributed by atoms with Crippen LogP contribution in [0.2, 0.25) is 0 Å². The van der Waals surface area contributed by atoms with Crippen LogP contribution in [-0.2, 0) is 11.3 Å². The Morgan fingerprint density at radius 2 is 1.60 bits per heavy atom. The van der Waals surface area contributed by atoms with Gasteiger partial charge in [0.05, 0.1) is 0 Å². The topological polar surface area (TPSA) is 53.1 Å². The first kappa shape index (κ1) is 27.8. The summed E-state index contributed by atoms with van der Waals surface area (Å²) in [6.45, 7) is 10.8. The number of nitrogens with zero attached hydrogens (tertiary/aromatic N) is 3. The van der Waals surface area contributed by atoms with E-state index >= 15 is 0 Å². The highest BCUT2D eigenvalue weighted by molar-refractivity contribution is 5.94. The Hall–Kier alpha value is -3.80. The van der Waals surface area contributed by atoms with Crippen LogP contribution in [0.4, 0.5) is 10.5 Å². The number of hydrogen-bond acceptors (Lipinski definition) is 4. The fourth-order valence-corrected chi connectivity index (χ4v) is 6.12. The number of amides is 2. The molecular weight excluding hydrogens is 498 g/mol. The van der Waals surface area contributed by atoms with E-state index in [0.29, 0.717) is 30.9 Å². The van der Waals surface area contributed by atoms with Crippen molar-refractivity contribution in [1.29, 1.82) is 0 Å². The summed E-state index contributed by atoms with van der Waals surface area (Å²) in [7, 11) is 1.82. The van der Waals surface area contributed by atoms with Crippen LogP contribution in [0.5, 0.6) is 0 Å². The molecule has 3 aromatic rings. The number of ether oxygens (including phenoxy) is 1. The molecule has 0 bridgehead atoms. The van der Waals surface area contributed by atoms with Crippen LogP contribution < -0.4 is 4.90 Å². The van der Waals surface area contributed by atoms with E-state index in [1.54, 1.807) is 4.90 Å². The van der Waals surface area contributed by atoms with Crippen LogP contribution in [-0.4, -0.2) is 61.6 Å². The molecule has 1 fully saturated rings. The lowest BCUT2D eigenvalue weighted by Gasteiger charge is -2.36. The summed E-state index contributed by atoms with van der Waals surface area (Å²) >= 11 is 0. The zero-order chi connectivity index (χ0) is 28.2. The summed E-state index contributed by atoms with van der Waals surface area (Å²) in [5.41, 5.74) is 6.98. The quantitative estimate of drug-likeness (QED) is 0.346. The molecule has 1 saturated heterocycles. The molecule has 0 N–H and O–H groups in total. The van der Waals surface area contributed by atoms with Gasteiger partial charge in [-0.05, 0) is 72.1 Å². The zero-order valence-corrected chi connectivity index (χ0v) is 24.2. The van der Waals surface area contributed by atoms with Crippen LogP contribution in [0, 0.1) is 12.8 Å². The lowest BCUT2D eigenvalue weighted by atomic mass is 9.87. The molecule has 1 aliphatic carbocycles. The first-order chi connectivity index (χ1) is 19.3. The van der Waals surface area contributed by atoms with Gasteiger partial charge in [-0.15, -0.1) is 0 Å². The third kappa shape index (κ3) is 6.01. The fourth-order valence-electron chi connectivity index (χ4n) is 6.12. The van der Waals surface area contributed by atoms with E-state index in [-0.39, 0.29) is 12.0 Å². The van der Waals surface area contributed by atoms with Gasteiger partial charge in [0.15, 0.2) is 0 Å². The second kappa shape index (κ2) is 12.2. The van der Waals surface area contributed by atoms with E-state index < -0.39 is 0 Å². The summed E-state index contributed by atoms with van der Waals surface area (Å²) in [5, 5.41) is 0. The van der Waals surface area contributed by atoms with Gasteiger partial charge in [0.2, 0.25) is 0 Å². The zero-order valence-electron chi connectivity index (χ0n) is 24.2. The van der Waals surface area contributed by atoms with Gasteiger partial charge in [-0.1, -0.05) is 67.9 Å². The number of piperazine rings is 1. The van der Waals surface area contributed by atoms with Gasteiger partial charge < -0.3 is 19.4 Å². The van der Waals surface area contributed by atoms with Crippen molar-refractivity contribution in [2.75, 3.05) is 44.7 Å². The van der Waals surface area contributed by atoms with E-state index in [1.807, 2.05) is 73.5 Å². The Bertz CT molecular complexity index is 1320. The molecule has 40 heavy (non-hydrogen) atoms. The molecule has 0 aromatic heterocycles. The second-order valence-electron chi connectivity index (χ2n) is 11.5. The molecule has 3 atom stereocenters. The molecule has 2 amide bonds. The summed E-state index contributed by atoms with van der Waals surface area (Å²) in [6.07, 6.45) is 0.632. The number of carbonyl (C=O) groups excluding carboxylic acids is 2. The highest BCUT2D eigenvalue weighted by Gasteiger charge is 2.36. The minimum absolute atomic E-state index is 0.118. The van der Waals surface area contributed by atoms with Crippen LogP contribution >= 0.6 is 0 Å². The van der Waals surface area contributed by atoms with Crippen molar-refractivity contribution < 1.29 is 14.3 Å². The maximum Gasteiger partial charge on any atom is 0.409 e. The molecule has 6 heteroatoms. The lowest BCUT2D eigenvalue weighted by molar-refractivity contribution is 0.0746. The third-order valence-electron chi connectivity index (χ3n) is 8.91. The Morgan fingerprint density at radius 3 is 2.30 bits per heavy atom. The van der Waals surface area contributed by atoms with Gasteiger partial charge in [0.25, 0.3) is 5.91 Å². The number of benzene rings is 3. The van der Waals surface area contributed by atoms with Crippen molar-refractivity contribution in [2.24, 2.45) is 5.92 Å². The van der Waals surface area contributed by atoms with Gasteiger partial charge in [-0.2, -0.15) is 0 Å². The molecule has 0 saturated carbocycles. The fraction of sp³-hybridized carbons (Fsp3) is 0.412. The minimum atomic E-state index is -0.280. The third-order valence-corrected chi connectivity index (χ3v) is 8.91. The summed E-state index contributed by atoms with van der Waals surface area (Å²) in [5.74, 6) is 1.49. The van der Waals surface area contributed by atoms with E-state index in [4.69, 9.17) is 4.74 Å². The van der Waals surface area contributed by atoms with Crippen molar-refractivity contribution in [2.45, 2.75) is 45.6 Å². The highest BCUT2D eigenvalue weighted by atomic mass is 16.6. The van der Waals surface area contributed by atoms with E-state index in [1.165, 1.54) is 16.8 Å². The van der Waals surface area contributed by atoms with Gasteiger partial charge >= 0.3 is 6.09 Å². The van der Waals surface area contributed by atoms with Crippen molar-refractivity contribution in [3.05, 3.63) is 101 Å². The number of rotatable bonds is 7. The second-order valence-corrected chi connectivity index (χ2v) is 11.5. The van der Waals surface area contributed by atoms with E-state index in [9.17, 15) is 9.59 Å².